The first-order valence-electron chi connectivity index (χ1n) is 8.85. The van der Waals surface area contributed by atoms with Gasteiger partial charge in [-0.2, -0.15) is 0 Å². The molecular formula is C22H16Cl2N4. The molecule has 6 heteroatoms. The van der Waals surface area contributed by atoms with Crippen LogP contribution in [0.5, 0.6) is 0 Å². The quantitative estimate of drug-likeness (QED) is 0.426. The molecule has 0 spiro atoms. The van der Waals surface area contributed by atoms with Gasteiger partial charge in [0.05, 0.1) is 5.69 Å². The van der Waals surface area contributed by atoms with E-state index in [1.54, 1.807) is 6.20 Å². The molecule has 4 aromatic rings. The second kappa shape index (κ2) is 8.46. The predicted molar refractivity (Wildman–Crippen MR) is 112 cm³/mol. The molecule has 0 aliphatic carbocycles. The second-order valence-electron chi connectivity index (χ2n) is 6.25. The van der Waals surface area contributed by atoms with Crippen LogP contribution in [0.15, 0.2) is 72.9 Å². The lowest BCUT2D eigenvalue weighted by atomic mass is 10.1. The van der Waals surface area contributed by atoms with Crippen molar-refractivity contribution >= 4 is 23.2 Å². The largest absolute Gasteiger partial charge is 0.241 e. The fraction of sp³-hybridized carbons (Fsp3) is 0.0909. The first-order valence-corrected chi connectivity index (χ1v) is 9.60. The Morgan fingerprint density at radius 1 is 0.750 bits per heavy atom. The molecule has 0 atom stereocenters. The standard InChI is InChI=1S/C22H16Cl2N4/c23-18-9-5-4-8-16(18)10-11-21-25-13-12-19(26-21)20-14-17(22(24)28-27-20)15-6-2-1-3-7-15/h1-9,12-14H,10-11H2. The average Bonchev–Trinajstić information content (AvgIpc) is 2.74. The number of rotatable bonds is 5. The van der Waals surface area contributed by atoms with Gasteiger partial charge in [-0.05, 0) is 35.7 Å². The Bertz CT molecular complexity index is 1100. The number of hydrogen-bond donors (Lipinski definition) is 0. The molecule has 28 heavy (non-hydrogen) atoms. The lowest BCUT2D eigenvalue weighted by Crippen LogP contribution is -2.01. The Balaban J connectivity index is 1.60. The monoisotopic (exact) mass is 406 g/mol. The van der Waals surface area contributed by atoms with E-state index in [1.807, 2.05) is 66.7 Å². The van der Waals surface area contributed by atoms with Gasteiger partial charge in [0, 0.05) is 23.2 Å². The molecule has 0 radical (unpaired) electrons. The van der Waals surface area contributed by atoms with Crippen molar-refractivity contribution in [3.63, 3.8) is 0 Å². The molecule has 2 heterocycles. The van der Waals surface area contributed by atoms with Crippen LogP contribution in [0, 0.1) is 0 Å². The van der Waals surface area contributed by atoms with Crippen LogP contribution in [0.1, 0.15) is 11.4 Å². The van der Waals surface area contributed by atoms with Crippen LogP contribution in [-0.4, -0.2) is 20.2 Å². The molecule has 4 nitrogen and oxygen atoms in total. The minimum Gasteiger partial charge on any atom is -0.241 e. The number of halogens is 2. The van der Waals surface area contributed by atoms with Crippen molar-refractivity contribution in [2.75, 3.05) is 0 Å². The summed E-state index contributed by atoms with van der Waals surface area (Å²) in [4.78, 5) is 9.03. The summed E-state index contributed by atoms with van der Waals surface area (Å²) in [6, 6.07) is 21.4. The van der Waals surface area contributed by atoms with Gasteiger partial charge in [-0.3, -0.25) is 0 Å². The highest BCUT2D eigenvalue weighted by Crippen LogP contribution is 2.28. The van der Waals surface area contributed by atoms with Crippen LogP contribution in [0.25, 0.3) is 22.5 Å². The Morgan fingerprint density at radius 3 is 2.36 bits per heavy atom. The van der Waals surface area contributed by atoms with Crippen molar-refractivity contribution in [3.8, 4) is 22.5 Å². The zero-order chi connectivity index (χ0) is 19.3. The van der Waals surface area contributed by atoms with Crippen molar-refractivity contribution in [1.82, 2.24) is 20.2 Å². The highest BCUT2D eigenvalue weighted by atomic mass is 35.5. The van der Waals surface area contributed by atoms with E-state index in [0.29, 0.717) is 23.0 Å². The Kier molecular flexibility index (Phi) is 5.60. The molecule has 4 rings (SSSR count). The summed E-state index contributed by atoms with van der Waals surface area (Å²) in [6.07, 6.45) is 3.19. The molecule has 2 aromatic heterocycles. The third-order valence-corrected chi connectivity index (χ3v) is 5.03. The normalized spacial score (nSPS) is 10.8. The Labute approximate surface area is 173 Å². The number of benzene rings is 2. The van der Waals surface area contributed by atoms with Crippen molar-refractivity contribution < 1.29 is 0 Å². The predicted octanol–water partition coefficient (Wildman–Crippen LogP) is 5.69. The molecule has 0 saturated carbocycles. The molecule has 0 saturated heterocycles. The van der Waals surface area contributed by atoms with Crippen molar-refractivity contribution in [2.45, 2.75) is 12.8 Å². The molecule has 0 fully saturated rings. The summed E-state index contributed by atoms with van der Waals surface area (Å²) < 4.78 is 0. The lowest BCUT2D eigenvalue weighted by molar-refractivity contribution is 0.857. The maximum absolute atomic E-state index is 6.26. The zero-order valence-corrected chi connectivity index (χ0v) is 16.4. The van der Waals surface area contributed by atoms with Gasteiger partial charge in [-0.1, -0.05) is 71.7 Å². The summed E-state index contributed by atoms with van der Waals surface area (Å²) in [5.41, 5.74) is 4.26. The number of hydrogen-bond acceptors (Lipinski definition) is 4. The van der Waals surface area contributed by atoms with E-state index >= 15 is 0 Å². The molecule has 138 valence electrons. The average molecular weight is 407 g/mol. The second-order valence-corrected chi connectivity index (χ2v) is 7.01. The summed E-state index contributed by atoms with van der Waals surface area (Å²) in [5.74, 6) is 0.732. The van der Waals surface area contributed by atoms with Gasteiger partial charge in [-0.15, -0.1) is 10.2 Å². The summed E-state index contributed by atoms with van der Waals surface area (Å²) in [5, 5.41) is 9.44. The third kappa shape index (κ3) is 4.19. The smallest absolute Gasteiger partial charge is 0.159 e. The highest BCUT2D eigenvalue weighted by molar-refractivity contribution is 6.32. The third-order valence-electron chi connectivity index (χ3n) is 4.38. The lowest BCUT2D eigenvalue weighted by Gasteiger charge is -2.07. The van der Waals surface area contributed by atoms with Crippen molar-refractivity contribution in [3.05, 3.63) is 94.5 Å². The highest BCUT2D eigenvalue weighted by Gasteiger charge is 2.11. The van der Waals surface area contributed by atoms with Gasteiger partial charge in [0.25, 0.3) is 0 Å². The van der Waals surface area contributed by atoms with E-state index in [0.717, 1.165) is 34.0 Å². The number of aromatic nitrogens is 4. The van der Waals surface area contributed by atoms with Crippen molar-refractivity contribution in [2.24, 2.45) is 0 Å². The summed E-state index contributed by atoms with van der Waals surface area (Å²) in [7, 11) is 0. The molecule has 0 aliphatic rings. The Morgan fingerprint density at radius 2 is 1.54 bits per heavy atom. The fourth-order valence-electron chi connectivity index (χ4n) is 2.93. The van der Waals surface area contributed by atoms with Crippen LogP contribution in [0.4, 0.5) is 0 Å². The van der Waals surface area contributed by atoms with Crippen LogP contribution in [0.3, 0.4) is 0 Å². The van der Waals surface area contributed by atoms with Crippen LogP contribution >= 0.6 is 23.2 Å². The first-order chi connectivity index (χ1) is 13.7. The van der Waals surface area contributed by atoms with Gasteiger partial charge in [0.2, 0.25) is 0 Å². The van der Waals surface area contributed by atoms with E-state index in [9.17, 15) is 0 Å². The molecule has 0 bridgehead atoms. The van der Waals surface area contributed by atoms with Gasteiger partial charge in [0.1, 0.15) is 11.5 Å². The van der Waals surface area contributed by atoms with Gasteiger partial charge in [0.15, 0.2) is 5.15 Å². The molecular weight excluding hydrogens is 391 g/mol. The molecule has 0 unspecified atom stereocenters. The number of nitrogens with zero attached hydrogens (tertiary/aromatic N) is 4. The summed E-state index contributed by atoms with van der Waals surface area (Å²) >= 11 is 12.5. The van der Waals surface area contributed by atoms with Crippen molar-refractivity contribution in [1.29, 1.82) is 0 Å². The van der Waals surface area contributed by atoms with Gasteiger partial charge in [-0.25, -0.2) is 9.97 Å². The van der Waals surface area contributed by atoms with E-state index in [4.69, 9.17) is 23.2 Å². The van der Waals surface area contributed by atoms with Gasteiger partial charge < -0.3 is 0 Å². The minimum atomic E-state index is 0.364. The van der Waals surface area contributed by atoms with E-state index in [2.05, 4.69) is 20.2 Å². The molecule has 2 aromatic carbocycles. The van der Waals surface area contributed by atoms with E-state index in [1.165, 1.54) is 0 Å². The van der Waals surface area contributed by atoms with Crippen LogP contribution < -0.4 is 0 Å². The fourth-order valence-corrected chi connectivity index (χ4v) is 3.36. The Hall–Kier alpha value is -2.82. The zero-order valence-electron chi connectivity index (χ0n) is 14.9. The maximum atomic E-state index is 6.26. The van der Waals surface area contributed by atoms with Gasteiger partial charge >= 0.3 is 0 Å². The van der Waals surface area contributed by atoms with Crippen LogP contribution in [-0.2, 0) is 12.8 Å². The first kappa shape index (κ1) is 18.5. The maximum Gasteiger partial charge on any atom is 0.159 e. The molecule has 0 amide bonds. The minimum absolute atomic E-state index is 0.364. The SMILES string of the molecule is Clc1ccccc1CCc1nccc(-c2cc(-c3ccccc3)c(Cl)nn2)n1. The topological polar surface area (TPSA) is 51.6 Å². The summed E-state index contributed by atoms with van der Waals surface area (Å²) in [6.45, 7) is 0. The molecule has 0 aliphatic heterocycles. The number of aryl methyl sites for hydroxylation is 2. The van der Waals surface area contributed by atoms with Crippen LogP contribution in [0.2, 0.25) is 10.2 Å². The van der Waals surface area contributed by atoms with E-state index < -0.39 is 0 Å². The molecule has 0 N–H and O–H groups in total. The van der Waals surface area contributed by atoms with E-state index in [-0.39, 0.29) is 0 Å².